The molecule has 0 bridgehead atoms. The van der Waals surface area contributed by atoms with E-state index >= 15 is 0 Å². The first-order valence-electron chi connectivity index (χ1n) is 10.8. The summed E-state index contributed by atoms with van der Waals surface area (Å²) < 4.78 is 6.51. The van der Waals surface area contributed by atoms with Crippen molar-refractivity contribution in [3.05, 3.63) is 98.0 Å². The number of rotatable bonds is 7. The smallest absolute Gasteiger partial charge is 0.266 e. The summed E-state index contributed by atoms with van der Waals surface area (Å²) in [6.07, 6.45) is 3.20. The second-order valence-corrected chi connectivity index (χ2v) is 8.89. The van der Waals surface area contributed by atoms with Crippen LogP contribution in [0.15, 0.2) is 64.6 Å². The molecule has 0 aromatic heterocycles. The minimum atomic E-state index is -0.448. The van der Waals surface area contributed by atoms with Crippen LogP contribution in [0.2, 0.25) is 0 Å². The number of carbonyl (C=O) groups is 1. The molecule has 0 saturated heterocycles. The van der Waals surface area contributed by atoms with E-state index < -0.39 is 5.91 Å². The maximum absolute atomic E-state index is 12.7. The van der Waals surface area contributed by atoms with E-state index in [1.165, 1.54) is 22.3 Å². The number of carbonyl (C=O) groups excluding carboxylic acids is 1. The quantitative estimate of drug-likeness (QED) is 0.286. The van der Waals surface area contributed by atoms with Gasteiger partial charge in [0.2, 0.25) is 0 Å². The lowest BCUT2D eigenvalue weighted by atomic mass is 9.98. The van der Waals surface area contributed by atoms with Gasteiger partial charge in [-0.25, -0.2) is 0 Å². The van der Waals surface area contributed by atoms with Crippen LogP contribution in [0.5, 0.6) is 5.75 Å². The average molecular weight is 503 g/mol. The molecule has 5 heteroatoms. The number of nitrogens with zero attached hydrogens (tertiary/aromatic N) is 1. The van der Waals surface area contributed by atoms with Crippen LogP contribution in [0, 0.1) is 25.2 Å². The SMILES string of the molecule is CCc1ccc(NC(=O)/C(C#N)=C/c2cc(Br)c(Cc3cc(C)cc(C)c3)c(OC)c2)cc1. The van der Waals surface area contributed by atoms with Gasteiger partial charge in [0, 0.05) is 22.1 Å². The van der Waals surface area contributed by atoms with Gasteiger partial charge >= 0.3 is 0 Å². The van der Waals surface area contributed by atoms with E-state index in [4.69, 9.17) is 4.74 Å². The van der Waals surface area contributed by atoms with Crippen LogP contribution in [-0.2, 0) is 17.6 Å². The Bertz CT molecular complexity index is 1220. The van der Waals surface area contributed by atoms with Crippen molar-refractivity contribution >= 4 is 33.6 Å². The molecule has 0 saturated carbocycles. The van der Waals surface area contributed by atoms with Crippen LogP contribution in [0.4, 0.5) is 5.69 Å². The first kappa shape index (κ1) is 24.3. The van der Waals surface area contributed by atoms with Crippen LogP contribution in [0.3, 0.4) is 0 Å². The number of ether oxygens (including phenoxy) is 1. The van der Waals surface area contributed by atoms with Gasteiger partial charge in [0.1, 0.15) is 17.4 Å². The van der Waals surface area contributed by atoms with E-state index in [-0.39, 0.29) is 5.57 Å². The van der Waals surface area contributed by atoms with E-state index in [1.807, 2.05) is 42.5 Å². The molecule has 0 unspecified atom stereocenters. The van der Waals surface area contributed by atoms with Crippen molar-refractivity contribution in [3.63, 3.8) is 0 Å². The van der Waals surface area contributed by atoms with Gasteiger partial charge in [0.25, 0.3) is 5.91 Å². The number of aryl methyl sites for hydroxylation is 3. The third-order valence-electron chi connectivity index (χ3n) is 5.36. The normalized spacial score (nSPS) is 11.1. The first-order chi connectivity index (χ1) is 15.8. The number of halogens is 1. The van der Waals surface area contributed by atoms with Crippen molar-refractivity contribution in [2.24, 2.45) is 0 Å². The zero-order chi connectivity index (χ0) is 24.0. The third-order valence-corrected chi connectivity index (χ3v) is 6.06. The Morgan fingerprint density at radius 3 is 2.30 bits per heavy atom. The Balaban J connectivity index is 1.87. The third kappa shape index (κ3) is 6.34. The highest BCUT2D eigenvalue weighted by Crippen LogP contribution is 2.32. The van der Waals surface area contributed by atoms with Crippen molar-refractivity contribution < 1.29 is 9.53 Å². The minimum Gasteiger partial charge on any atom is -0.496 e. The maximum atomic E-state index is 12.7. The molecule has 0 heterocycles. The van der Waals surface area contributed by atoms with Crippen LogP contribution in [0.1, 0.15) is 40.3 Å². The number of amides is 1. The summed E-state index contributed by atoms with van der Waals surface area (Å²) >= 11 is 3.66. The number of hydrogen-bond acceptors (Lipinski definition) is 3. The molecule has 3 rings (SSSR count). The van der Waals surface area contributed by atoms with E-state index in [0.29, 0.717) is 23.4 Å². The molecular formula is C28H27BrN2O2. The molecule has 1 N–H and O–H groups in total. The molecule has 0 aliphatic rings. The summed E-state index contributed by atoms with van der Waals surface area (Å²) in [6.45, 7) is 6.25. The largest absolute Gasteiger partial charge is 0.496 e. The molecule has 0 radical (unpaired) electrons. The summed E-state index contributed by atoms with van der Waals surface area (Å²) in [5.41, 5.74) is 7.20. The number of benzene rings is 3. The lowest BCUT2D eigenvalue weighted by Crippen LogP contribution is -2.13. The van der Waals surface area contributed by atoms with Gasteiger partial charge in [-0.05, 0) is 67.3 Å². The van der Waals surface area contributed by atoms with Gasteiger partial charge in [-0.1, -0.05) is 64.3 Å². The number of nitriles is 1. The molecule has 4 nitrogen and oxygen atoms in total. The highest BCUT2D eigenvalue weighted by atomic mass is 79.9. The van der Waals surface area contributed by atoms with Crippen molar-refractivity contribution in [2.75, 3.05) is 12.4 Å². The van der Waals surface area contributed by atoms with Crippen molar-refractivity contribution in [1.82, 2.24) is 0 Å². The number of anilines is 1. The second-order valence-electron chi connectivity index (χ2n) is 8.03. The van der Waals surface area contributed by atoms with Gasteiger partial charge in [-0.15, -0.1) is 0 Å². The Labute approximate surface area is 204 Å². The molecule has 168 valence electrons. The summed E-state index contributed by atoms with van der Waals surface area (Å²) in [7, 11) is 1.62. The monoisotopic (exact) mass is 502 g/mol. The topological polar surface area (TPSA) is 62.1 Å². The number of hydrogen-bond donors (Lipinski definition) is 1. The Kier molecular flexibility index (Phi) is 8.08. The van der Waals surface area contributed by atoms with Crippen LogP contribution >= 0.6 is 15.9 Å². The molecule has 0 atom stereocenters. The highest BCUT2D eigenvalue weighted by Gasteiger charge is 2.14. The fourth-order valence-corrected chi connectivity index (χ4v) is 4.38. The zero-order valence-electron chi connectivity index (χ0n) is 19.3. The van der Waals surface area contributed by atoms with E-state index in [0.717, 1.165) is 16.5 Å². The fraction of sp³-hybridized carbons (Fsp3) is 0.214. The van der Waals surface area contributed by atoms with Crippen LogP contribution in [-0.4, -0.2) is 13.0 Å². The lowest BCUT2D eigenvalue weighted by Gasteiger charge is -2.13. The number of nitrogens with one attached hydrogen (secondary N) is 1. The van der Waals surface area contributed by atoms with Gasteiger partial charge < -0.3 is 10.1 Å². The maximum Gasteiger partial charge on any atom is 0.266 e. The minimum absolute atomic E-state index is 0.0191. The van der Waals surface area contributed by atoms with Crippen molar-refractivity contribution in [1.29, 1.82) is 5.26 Å². The van der Waals surface area contributed by atoms with Gasteiger partial charge in [0.05, 0.1) is 7.11 Å². The number of methoxy groups -OCH3 is 1. The molecule has 0 aliphatic carbocycles. The van der Waals surface area contributed by atoms with Crippen molar-refractivity contribution in [3.8, 4) is 11.8 Å². The molecule has 1 amide bonds. The van der Waals surface area contributed by atoms with Crippen LogP contribution < -0.4 is 10.1 Å². The predicted octanol–water partition coefficient (Wildman–Crippen LogP) is 6.77. The standard InChI is InChI=1S/C28H27BrN2O2/c1-5-20-6-8-24(9-7-20)31-28(32)23(17-30)13-22-15-26(29)25(27(16-22)33-4)14-21-11-18(2)10-19(3)12-21/h6-13,15-16H,5,14H2,1-4H3,(H,31,32)/b23-13+. The molecular weight excluding hydrogens is 476 g/mol. The van der Waals surface area contributed by atoms with E-state index in [9.17, 15) is 10.1 Å². The Hall–Kier alpha value is -3.36. The Morgan fingerprint density at radius 1 is 1.06 bits per heavy atom. The lowest BCUT2D eigenvalue weighted by molar-refractivity contribution is -0.112. The molecule has 0 aliphatic heterocycles. The highest BCUT2D eigenvalue weighted by molar-refractivity contribution is 9.10. The van der Waals surface area contributed by atoms with Crippen molar-refractivity contribution in [2.45, 2.75) is 33.6 Å². The molecule has 3 aromatic rings. The molecule has 0 spiro atoms. The van der Waals surface area contributed by atoms with E-state index in [1.54, 1.807) is 13.2 Å². The Morgan fingerprint density at radius 2 is 1.73 bits per heavy atom. The van der Waals surface area contributed by atoms with Gasteiger partial charge in [-0.3, -0.25) is 4.79 Å². The predicted molar refractivity (Wildman–Crippen MR) is 137 cm³/mol. The fourth-order valence-electron chi connectivity index (χ4n) is 3.78. The van der Waals surface area contributed by atoms with E-state index in [2.05, 4.69) is 60.2 Å². The molecule has 3 aromatic carbocycles. The summed E-state index contributed by atoms with van der Waals surface area (Å²) in [5, 5.41) is 12.4. The second kappa shape index (κ2) is 11.0. The zero-order valence-corrected chi connectivity index (χ0v) is 20.9. The molecule has 0 fully saturated rings. The summed E-state index contributed by atoms with van der Waals surface area (Å²) in [5.74, 6) is 0.249. The molecule has 33 heavy (non-hydrogen) atoms. The summed E-state index contributed by atoms with van der Waals surface area (Å²) in [4.78, 5) is 12.7. The van der Waals surface area contributed by atoms with Gasteiger partial charge in [0.15, 0.2) is 0 Å². The first-order valence-corrected chi connectivity index (χ1v) is 11.6. The summed E-state index contributed by atoms with van der Waals surface area (Å²) in [6, 6.07) is 19.8. The average Bonchev–Trinajstić information content (AvgIpc) is 2.78. The van der Waals surface area contributed by atoms with Crippen LogP contribution in [0.25, 0.3) is 6.08 Å². The van der Waals surface area contributed by atoms with Gasteiger partial charge in [-0.2, -0.15) is 5.26 Å².